The van der Waals surface area contributed by atoms with Crippen LogP contribution >= 0.6 is 22.7 Å². The minimum absolute atomic E-state index is 0.0392. The van der Waals surface area contributed by atoms with Crippen LogP contribution in [0.2, 0.25) is 0 Å². The third kappa shape index (κ3) is 5.71. The molecule has 2 atom stereocenters. The molecule has 0 saturated carbocycles. The van der Waals surface area contributed by atoms with Gasteiger partial charge in [-0.3, -0.25) is 18.9 Å². The van der Waals surface area contributed by atoms with Gasteiger partial charge in [-0.2, -0.15) is 18.2 Å². The van der Waals surface area contributed by atoms with Crippen LogP contribution < -0.4 is 16.5 Å². The molecule has 0 radical (unpaired) electrons. The highest BCUT2D eigenvalue weighted by Crippen LogP contribution is 2.33. The van der Waals surface area contributed by atoms with Gasteiger partial charge in [-0.25, -0.2) is 4.98 Å². The number of hydroxylamine groups is 2. The van der Waals surface area contributed by atoms with Gasteiger partial charge >= 0.3 is 10.4 Å². The lowest BCUT2D eigenvalue weighted by Gasteiger charge is -2.50. The number of nitrogens with two attached hydrogens (primary N) is 1. The number of aromatic hydroxyl groups is 1. The molecule has 19 heteroatoms. The van der Waals surface area contributed by atoms with Crippen LogP contribution in [0.5, 0.6) is 5.75 Å². The number of thiazole rings is 1. The number of pyridine rings is 1. The van der Waals surface area contributed by atoms with Gasteiger partial charge in [0.2, 0.25) is 11.5 Å². The Labute approximate surface area is 227 Å². The second-order valence-electron chi connectivity index (χ2n) is 8.50. The number of hydrogen-bond acceptors (Lipinski definition) is 14. The van der Waals surface area contributed by atoms with Gasteiger partial charge in [0.1, 0.15) is 17.4 Å². The van der Waals surface area contributed by atoms with E-state index in [9.17, 15) is 33.1 Å². The minimum Gasteiger partial charge on any atom is -0.503 e. The first kappa shape index (κ1) is 28.0. The van der Waals surface area contributed by atoms with E-state index in [0.717, 1.165) is 23.6 Å². The van der Waals surface area contributed by atoms with Crippen molar-refractivity contribution in [1.82, 2.24) is 20.1 Å². The van der Waals surface area contributed by atoms with Crippen molar-refractivity contribution in [2.75, 3.05) is 5.73 Å². The normalized spacial score (nSPS) is 17.9. The molecule has 39 heavy (non-hydrogen) atoms. The molecule has 1 unspecified atom stereocenters. The number of nitrogens with zero attached hydrogens (tertiary/aromatic N) is 4. The lowest BCUT2D eigenvalue weighted by molar-refractivity contribution is -0.218. The van der Waals surface area contributed by atoms with Crippen molar-refractivity contribution in [3.63, 3.8) is 0 Å². The predicted molar refractivity (Wildman–Crippen MR) is 135 cm³/mol. The van der Waals surface area contributed by atoms with Crippen molar-refractivity contribution in [1.29, 1.82) is 0 Å². The molecule has 3 aromatic heterocycles. The molecule has 0 spiro atoms. The van der Waals surface area contributed by atoms with Crippen molar-refractivity contribution >= 4 is 55.7 Å². The zero-order valence-electron chi connectivity index (χ0n) is 19.9. The molecule has 1 aliphatic heterocycles. The summed E-state index contributed by atoms with van der Waals surface area (Å²) in [4.78, 5) is 47.9. The molecule has 1 aliphatic rings. The Morgan fingerprint density at radius 2 is 2.05 bits per heavy atom. The van der Waals surface area contributed by atoms with Crippen LogP contribution in [0.15, 0.2) is 45.1 Å². The highest BCUT2D eigenvalue weighted by atomic mass is 32.3. The Morgan fingerprint density at radius 3 is 2.62 bits per heavy atom. The maximum atomic E-state index is 13.3. The number of carbonyl (C=O) groups excluding carboxylic acids is 2. The van der Waals surface area contributed by atoms with Gasteiger partial charge in [0.25, 0.3) is 11.8 Å². The van der Waals surface area contributed by atoms with Gasteiger partial charge in [-0.05, 0) is 25.3 Å². The highest BCUT2D eigenvalue weighted by molar-refractivity contribution is 7.80. The van der Waals surface area contributed by atoms with Gasteiger partial charge in [-0.1, -0.05) is 11.2 Å². The van der Waals surface area contributed by atoms with E-state index in [0.29, 0.717) is 14.7 Å². The second-order valence-corrected chi connectivity index (χ2v) is 11.4. The number of nitrogen functional groups attached to an aromatic ring is 1. The summed E-state index contributed by atoms with van der Waals surface area (Å²) >= 11 is 2.16. The first-order valence-corrected chi connectivity index (χ1v) is 13.8. The third-order valence-electron chi connectivity index (χ3n) is 5.46. The van der Waals surface area contributed by atoms with Gasteiger partial charge in [0.15, 0.2) is 16.6 Å². The number of hydrogen-bond donors (Lipinski definition) is 5. The molecule has 4 heterocycles. The monoisotopic (exact) mass is 600 g/mol. The summed E-state index contributed by atoms with van der Waals surface area (Å²) in [6.45, 7) is 2.74. The number of aromatic nitrogens is 2. The molecule has 2 amide bonds. The number of anilines is 1. The maximum absolute atomic E-state index is 13.3. The molecule has 0 bridgehead atoms. The number of oxime groups is 1. The predicted octanol–water partition coefficient (Wildman–Crippen LogP) is 0.242. The average Bonchev–Trinajstić information content (AvgIpc) is 3.53. The molecule has 16 nitrogen and oxygen atoms in total. The number of rotatable bonds is 9. The Kier molecular flexibility index (Phi) is 7.36. The fraction of sp³-hybridized carbons (Fsp3) is 0.250. The van der Waals surface area contributed by atoms with E-state index in [-0.39, 0.29) is 16.5 Å². The standard InChI is InChI=1S/C20H20N6O10S3/c1-20(2)16(18(30)26(20)36-39(32,33)34)23-17(29)14(9-8-38-19(21)22-9)24-35-15(13-4-3-5-37-13)10-6-11(27)12(28)7-25(10)31/h3-8,15-16,28,31H,1-2H3,(H2,21,22)(H,23,29)(H,32,33,34)/b24-14-/t15?,16-/m1/s1. The molecule has 6 N–H and O–H groups in total. The summed E-state index contributed by atoms with van der Waals surface area (Å²) < 4.78 is 35.8. The Hall–Kier alpha value is -4.04. The van der Waals surface area contributed by atoms with Crippen LogP contribution in [0.4, 0.5) is 5.13 Å². The summed E-state index contributed by atoms with van der Waals surface area (Å²) in [5.41, 5.74) is 2.86. The van der Waals surface area contributed by atoms with Crippen molar-refractivity contribution in [3.05, 3.63) is 61.6 Å². The molecular formula is C20H20N6O10S3. The molecule has 4 rings (SSSR count). The van der Waals surface area contributed by atoms with Gasteiger partial charge in [0.05, 0.1) is 16.6 Å². The molecule has 1 fully saturated rings. The van der Waals surface area contributed by atoms with Gasteiger partial charge < -0.3 is 26.2 Å². The van der Waals surface area contributed by atoms with Crippen molar-refractivity contribution in [3.8, 4) is 5.75 Å². The van der Waals surface area contributed by atoms with E-state index < -0.39 is 56.8 Å². The van der Waals surface area contributed by atoms with Crippen LogP contribution in [0.3, 0.4) is 0 Å². The van der Waals surface area contributed by atoms with E-state index in [1.54, 1.807) is 17.5 Å². The fourth-order valence-corrected chi connectivity index (χ4v) is 5.30. The minimum atomic E-state index is -5.01. The van der Waals surface area contributed by atoms with Crippen molar-refractivity contribution in [2.24, 2.45) is 5.16 Å². The third-order valence-corrected chi connectivity index (χ3v) is 7.39. The topological polar surface area (TPSA) is 236 Å². The number of nitrogens with one attached hydrogen (secondary N) is 1. The quantitative estimate of drug-likeness (QED) is 0.0730. The Balaban J connectivity index is 1.67. The Bertz CT molecular complexity index is 1610. The zero-order valence-corrected chi connectivity index (χ0v) is 22.4. The second kappa shape index (κ2) is 10.3. The van der Waals surface area contributed by atoms with E-state index in [1.165, 1.54) is 30.6 Å². The van der Waals surface area contributed by atoms with Crippen LogP contribution in [0.25, 0.3) is 0 Å². The van der Waals surface area contributed by atoms with Crippen molar-refractivity contribution in [2.45, 2.75) is 31.5 Å². The van der Waals surface area contributed by atoms with E-state index in [2.05, 4.69) is 19.7 Å². The molecule has 208 valence electrons. The van der Waals surface area contributed by atoms with Gasteiger partial charge in [-0.15, -0.1) is 27.0 Å². The summed E-state index contributed by atoms with van der Waals surface area (Å²) in [5.74, 6) is -2.67. The van der Waals surface area contributed by atoms with E-state index >= 15 is 0 Å². The van der Waals surface area contributed by atoms with Crippen LogP contribution in [-0.2, 0) is 29.1 Å². The first-order chi connectivity index (χ1) is 18.2. The molecule has 0 aliphatic carbocycles. The number of β-lactam (4-membered cyclic amide) rings is 1. The first-order valence-electron chi connectivity index (χ1n) is 10.6. The molecule has 1 saturated heterocycles. The maximum Gasteiger partial charge on any atom is 0.418 e. The summed E-state index contributed by atoms with van der Waals surface area (Å²) in [6.07, 6.45) is -0.465. The molecule has 3 aromatic rings. The van der Waals surface area contributed by atoms with Gasteiger partial charge in [0, 0.05) is 11.4 Å². The number of carbonyl (C=O) groups is 2. The summed E-state index contributed by atoms with van der Waals surface area (Å²) in [7, 11) is -5.01. The zero-order chi connectivity index (χ0) is 28.7. The highest BCUT2D eigenvalue weighted by Gasteiger charge is 2.58. The van der Waals surface area contributed by atoms with E-state index in [4.69, 9.17) is 15.1 Å². The number of amides is 2. The summed E-state index contributed by atoms with van der Waals surface area (Å²) in [6, 6.07) is 2.90. The fourth-order valence-electron chi connectivity index (χ4n) is 3.54. The summed E-state index contributed by atoms with van der Waals surface area (Å²) in [5, 5.41) is 29.8. The largest absolute Gasteiger partial charge is 0.503 e. The van der Waals surface area contributed by atoms with Crippen LogP contribution in [0.1, 0.15) is 36.2 Å². The number of thiophene rings is 1. The lowest BCUT2D eigenvalue weighted by atomic mass is 9.84. The lowest BCUT2D eigenvalue weighted by Crippen LogP contribution is -2.76. The average molecular weight is 601 g/mol. The van der Waals surface area contributed by atoms with Crippen molar-refractivity contribution < 1.29 is 42.0 Å². The van der Waals surface area contributed by atoms with Crippen LogP contribution in [-0.4, -0.2) is 67.2 Å². The smallest absolute Gasteiger partial charge is 0.418 e. The molecule has 0 aromatic carbocycles. The van der Waals surface area contributed by atoms with Crippen LogP contribution in [0, 0.1) is 0 Å². The SMILES string of the molecule is CC1(C)[C@H](NC(=O)/C(=N\OC(c2cccs2)c2cc(=O)c(O)cn2O)c2csc(N)n2)C(=O)N1OS(=O)(=O)O. The Morgan fingerprint density at radius 1 is 1.33 bits per heavy atom. The molecular weight excluding hydrogens is 580 g/mol. The van der Waals surface area contributed by atoms with E-state index in [1.807, 2.05) is 0 Å².